The minimum absolute atomic E-state index is 0.185. The van der Waals surface area contributed by atoms with E-state index >= 15 is 0 Å². The van der Waals surface area contributed by atoms with Crippen molar-refractivity contribution in [3.63, 3.8) is 0 Å². The van der Waals surface area contributed by atoms with Crippen LogP contribution in [0.25, 0.3) is 0 Å². The number of nitrogens with zero attached hydrogens (tertiary/aromatic N) is 1. The summed E-state index contributed by atoms with van der Waals surface area (Å²) in [5, 5.41) is 11.2. The number of rotatable bonds is 5. The maximum absolute atomic E-state index is 13.2. The van der Waals surface area contributed by atoms with Gasteiger partial charge in [-0.1, -0.05) is 38.0 Å². The molecule has 0 bridgehead atoms. The molecule has 25 heavy (non-hydrogen) atoms. The molecule has 0 spiro atoms. The smallest absolute Gasteiger partial charge is 0.268 e. The summed E-state index contributed by atoms with van der Waals surface area (Å²) in [7, 11) is 0. The molecule has 2 heterocycles. The largest absolute Gasteiger partial charge is 0.454 e. The van der Waals surface area contributed by atoms with Crippen LogP contribution in [0.3, 0.4) is 0 Å². The van der Waals surface area contributed by atoms with E-state index in [9.17, 15) is 9.90 Å². The van der Waals surface area contributed by atoms with Gasteiger partial charge in [-0.2, -0.15) is 0 Å². The van der Waals surface area contributed by atoms with Gasteiger partial charge in [0.2, 0.25) is 6.79 Å². The molecule has 0 saturated heterocycles. The number of amides is 1. The van der Waals surface area contributed by atoms with Gasteiger partial charge < -0.3 is 14.6 Å². The lowest BCUT2D eigenvalue weighted by atomic mass is 9.89. The van der Waals surface area contributed by atoms with Crippen LogP contribution in [0.5, 0.6) is 11.5 Å². The monoisotopic (exact) mass is 339 g/mol. The number of hydrogen-bond acceptors (Lipinski definition) is 4. The summed E-state index contributed by atoms with van der Waals surface area (Å²) in [6.07, 6.45) is 3.26. The Balaban J connectivity index is 1.75. The molecule has 2 aliphatic rings. The second-order valence-electron chi connectivity index (χ2n) is 6.51. The highest BCUT2D eigenvalue weighted by Crippen LogP contribution is 2.48. The zero-order valence-corrected chi connectivity index (χ0v) is 14.2. The number of unbranched alkanes of at least 4 members (excludes halogenated alkanes) is 2. The molecular weight excluding hydrogens is 318 g/mol. The number of ether oxygens (including phenoxy) is 2. The van der Waals surface area contributed by atoms with E-state index in [1.807, 2.05) is 30.3 Å². The molecule has 2 aliphatic heterocycles. The van der Waals surface area contributed by atoms with Gasteiger partial charge in [-0.3, -0.25) is 9.69 Å². The number of anilines is 2. The van der Waals surface area contributed by atoms with E-state index in [1.165, 1.54) is 0 Å². The van der Waals surface area contributed by atoms with E-state index in [0.29, 0.717) is 29.2 Å². The zero-order valence-electron chi connectivity index (χ0n) is 14.2. The third kappa shape index (κ3) is 2.46. The number of aliphatic hydroxyl groups is 1. The summed E-state index contributed by atoms with van der Waals surface area (Å²) in [5.41, 5.74) is 0.606. The Bertz CT molecular complexity index is 819. The van der Waals surface area contributed by atoms with Crippen molar-refractivity contribution in [1.82, 2.24) is 0 Å². The number of benzene rings is 2. The minimum atomic E-state index is -1.47. The molecule has 2 aromatic rings. The van der Waals surface area contributed by atoms with Crippen molar-refractivity contribution in [1.29, 1.82) is 0 Å². The van der Waals surface area contributed by atoms with Crippen LogP contribution in [0.4, 0.5) is 11.4 Å². The average molecular weight is 339 g/mol. The summed E-state index contributed by atoms with van der Waals surface area (Å²) in [6.45, 7) is 2.29. The van der Waals surface area contributed by atoms with Crippen molar-refractivity contribution in [2.75, 3.05) is 11.7 Å². The number of fused-ring (bicyclic) bond motifs is 2. The molecule has 130 valence electrons. The van der Waals surface area contributed by atoms with Gasteiger partial charge in [0.1, 0.15) is 0 Å². The third-order valence-corrected chi connectivity index (χ3v) is 4.90. The van der Waals surface area contributed by atoms with Gasteiger partial charge in [0, 0.05) is 11.6 Å². The predicted octanol–water partition coefficient (Wildman–Crippen LogP) is 3.86. The van der Waals surface area contributed by atoms with E-state index in [0.717, 1.165) is 24.9 Å². The van der Waals surface area contributed by atoms with Crippen molar-refractivity contribution in [2.45, 2.75) is 38.2 Å². The van der Waals surface area contributed by atoms with Crippen LogP contribution in [0.15, 0.2) is 42.5 Å². The van der Waals surface area contributed by atoms with Gasteiger partial charge >= 0.3 is 0 Å². The van der Waals surface area contributed by atoms with Crippen molar-refractivity contribution < 1.29 is 19.4 Å². The molecular formula is C20H21NO4. The first-order valence-corrected chi connectivity index (χ1v) is 8.71. The highest BCUT2D eigenvalue weighted by Gasteiger charge is 2.49. The molecule has 1 unspecified atom stereocenters. The van der Waals surface area contributed by atoms with Crippen LogP contribution in [0.1, 0.15) is 38.2 Å². The number of hydrogen-bond donors (Lipinski definition) is 1. The minimum Gasteiger partial charge on any atom is -0.454 e. The maximum Gasteiger partial charge on any atom is 0.268 e. The Kier molecular flexibility index (Phi) is 3.88. The van der Waals surface area contributed by atoms with Crippen molar-refractivity contribution >= 4 is 17.3 Å². The first-order chi connectivity index (χ1) is 12.1. The molecule has 0 radical (unpaired) electrons. The molecule has 5 heteroatoms. The SMILES string of the molecule is CCCCCC1(O)C(=O)N(c2ccc3c(c2)OCO3)c2ccccc21. The Morgan fingerprint density at radius 1 is 1.12 bits per heavy atom. The van der Waals surface area contributed by atoms with Gasteiger partial charge in [-0.25, -0.2) is 0 Å². The summed E-state index contributed by atoms with van der Waals surface area (Å²) in [4.78, 5) is 14.8. The maximum atomic E-state index is 13.2. The van der Waals surface area contributed by atoms with Crippen LogP contribution < -0.4 is 14.4 Å². The standard InChI is InChI=1S/C20H21NO4/c1-2-3-6-11-20(23)15-7-4-5-8-16(15)21(19(20)22)14-9-10-17-18(12-14)25-13-24-17/h4-5,7-10,12,23H,2-3,6,11,13H2,1H3. The first kappa shape index (κ1) is 16.0. The summed E-state index contributed by atoms with van der Waals surface area (Å²) >= 11 is 0. The first-order valence-electron chi connectivity index (χ1n) is 8.71. The van der Waals surface area contributed by atoms with E-state index in [4.69, 9.17) is 9.47 Å². The second-order valence-corrected chi connectivity index (χ2v) is 6.51. The highest BCUT2D eigenvalue weighted by atomic mass is 16.7. The van der Waals surface area contributed by atoms with Crippen molar-refractivity contribution in [3.8, 4) is 11.5 Å². The van der Waals surface area contributed by atoms with Crippen LogP contribution in [-0.4, -0.2) is 17.8 Å². The Morgan fingerprint density at radius 2 is 1.92 bits per heavy atom. The number of para-hydroxylation sites is 1. The summed E-state index contributed by atoms with van der Waals surface area (Å²) < 4.78 is 10.8. The Labute approximate surface area is 146 Å². The molecule has 5 nitrogen and oxygen atoms in total. The molecule has 0 aromatic heterocycles. The normalized spacial score (nSPS) is 20.9. The Morgan fingerprint density at radius 3 is 2.76 bits per heavy atom. The Hall–Kier alpha value is -2.53. The predicted molar refractivity (Wildman–Crippen MR) is 94.2 cm³/mol. The molecule has 2 aromatic carbocycles. The lowest BCUT2D eigenvalue weighted by molar-refractivity contribution is -0.136. The van der Waals surface area contributed by atoms with Gasteiger partial charge in [-0.05, 0) is 31.0 Å². The topological polar surface area (TPSA) is 59.0 Å². The fourth-order valence-corrected chi connectivity index (χ4v) is 3.58. The van der Waals surface area contributed by atoms with Crippen LogP contribution >= 0.6 is 0 Å². The average Bonchev–Trinajstić information content (AvgIpc) is 3.17. The fraction of sp³-hybridized carbons (Fsp3) is 0.350. The highest BCUT2D eigenvalue weighted by molar-refractivity contribution is 6.12. The molecule has 0 aliphatic carbocycles. The zero-order chi connectivity index (χ0) is 17.4. The third-order valence-electron chi connectivity index (χ3n) is 4.90. The van der Waals surface area contributed by atoms with Crippen LogP contribution in [0.2, 0.25) is 0 Å². The van der Waals surface area contributed by atoms with E-state index in [1.54, 1.807) is 17.0 Å². The molecule has 4 rings (SSSR count). The summed E-state index contributed by atoms with van der Waals surface area (Å²) in [6, 6.07) is 12.8. The number of carbonyl (C=O) groups is 1. The van der Waals surface area contributed by atoms with E-state index in [2.05, 4.69) is 6.92 Å². The summed E-state index contributed by atoms with van der Waals surface area (Å²) in [5.74, 6) is 0.981. The van der Waals surface area contributed by atoms with Gasteiger partial charge in [0.25, 0.3) is 5.91 Å². The fourth-order valence-electron chi connectivity index (χ4n) is 3.58. The second kappa shape index (κ2) is 6.08. The molecule has 1 atom stereocenters. The molecule has 0 saturated carbocycles. The quantitative estimate of drug-likeness (QED) is 0.840. The van der Waals surface area contributed by atoms with Gasteiger partial charge in [0.05, 0.1) is 11.4 Å². The van der Waals surface area contributed by atoms with E-state index in [-0.39, 0.29) is 12.7 Å². The van der Waals surface area contributed by atoms with Gasteiger partial charge in [-0.15, -0.1) is 0 Å². The van der Waals surface area contributed by atoms with Crippen LogP contribution in [0, 0.1) is 0 Å². The molecule has 0 fully saturated rings. The van der Waals surface area contributed by atoms with Crippen LogP contribution in [-0.2, 0) is 10.4 Å². The van der Waals surface area contributed by atoms with E-state index < -0.39 is 5.60 Å². The molecule has 1 N–H and O–H groups in total. The number of carbonyl (C=O) groups excluding carboxylic acids is 1. The van der Waals surface area contributed by atoms with Crippen molar-refractivity contribution in [2.24, 2.45) is 0 Å². The molecule has 1 amide bonds. The van der Waals surface area contributed by atoms with Crippen molar-refractivity contribution in [3.05, 3.63) is 48.0 Å². The lowest BCUT2D eigenvalue weighted by Crippen LogP contribution is -2.38. The lowest BCUT2D eigenvalue weighted by Gasteiger charge is -2.23. The van der Waals surface area contributed by atoms with Gasteiger partial charge in [0.15, 0.2) is 17.1 Å².